The highest BCUT2D eigenvalue weighted by Gasteiger charge is 2.49. The Morgan fingerprint density at radius 2 is 0.569 bits per heavy atom. The first-order chi connectivity index (χ1) is 31.3. The SMILES string of the molecule is CCCCCC.C[Si](C)(C)N=Nc1c(N(N([Si](C)(C)C)[Si](C)(C)C)[Si](C)(C)C)nn([Si](C)(C)C)c1[Si](C)(C)C.C[Si](C)(C)N=Nc1c(N(N([Si](C)(C)C)[Si](C)(C)C)[Si](C)(C)C)nn([Si](C)(C)C)c1[Si](C)(C)C. The molecule has 0 aliphatic rings. The molecule has 0 aromatic carbocycles. The van der Waals surface area contributed by atoms with E-state index in [2.05, 4.69) is 276 Å². The maximum absolute atomic E-state index is 5.50. The standard InChI is InChI=1S/2C21H54N6Si6.C6H14/c2*1-28(2,3)21-19(22-24-29(4,5)6)20(23-25(21)30(7,8)9)26(31(10,11)12)27(32(13,14)15)33(16,17)18;1-3-5-6-4-2/h2*1-18H3;3-6H2,1-2H3. The van der Waals surface area contributed by atoms with Gasteiger partial charge in [-0.25, -0.2) is 9.56 Å². The highest BCUT2D eigenvalue weighted by Crippen LogP contribution is 2.40. The molecule has 72 heavy (non-hydrogen) atoms. The van der Waals surface area contributed by atoms with Gasteiger partial charge < -0.3 is 9.35 Å². The third kappa shape index (κ3) is 21.9. The largest absolute Gasteiger partial charge is 0.328 e. The molecule has 0 aliphatic heterocycles. The van der Waals surface area contributed by atoms with Crippen molar-refractivity contribution in [1.29, 1.82) is 0 Å². The second kappa shape index (κ2) is 24.8. The maximum Gasteiger partial charge on any atom is 0.200 e. The molecule has 24 heteroatoms. The molecule has 0 bridgehead atoms. The summed E-state index contributed by atoms with van der Waals surface area (Å²) in [6.07, 6.45) is 5.54. The van der Waals surface area contributed by atoms with Crippen molar-refractivity contribution in [2.24, 2.45) is 19.8 Å². The van der Waals surface area contributed by atoms with Crippen LogP contribution in [0.5, 0.6) is 0 Å². The molecule has 422 valence electrons. The molecule has 2 aromatic heterocycles. The van der Waals surface area contributed by atoms with Gasteiger partial charge in [0, 0.05) is 10.6 Å². The molecule has 0 saturated carbocycles. The van der Waals surface area contributed by atoms with Crippen LogP contribution in [0.25, 0.3) is 0 Å². The highest BCUT2D eigenvalue weighted by molar-refractivity contribution is 6.95. The van der Waals surface area contributed by atoms with Gasteiger partial charge in [-0.15, -0.1) is 0 Å². The van der Waals surface area contributed by atoms with E-state index in [9.17, 15) is 0 Å². The number of aromatic nitrogens is 4. The van der Waals surface area contributed by atoms with Crippen LogP contribution in [0.2, 0.25) is 236 Å². The summed E-state index contributed by atoms with van der Waals surface area (Å²) < 4.78 is 25.8. The molecular weight excluding hydrogens is 1080 g/mol. The number of anilines is 2. The highest BCUT2D eigenvalue weighted by atomic mass is 28.4. The van der Waals surface area contributed by atoms with E-state index in [-0.39, 0.29) is 0 Å². The molecule has 0 atom stereocenters. The van der Waals surface area contributed by atoms with Gasteiger partial charge in [0.2, 0.25) is 16.5 Å². The van der Waals surface area contributed by atoms with Gasteiger partial charge in [0.1, 0.15) is 60.5 Å². The smallest absolute Gasteiger partial charge is 0.200 e. The predicted octanol–water partition coefficient (Wildman–Crippen LogP) is 17.7. The number of hydrogen-bond donors (Lipinski definition) is 0. The van der Waals surface area contributed by atoms with Crippen molar-refractivity contribution in [2.75, 3.05) is 9.35 Å². The average molecular weight is 1200 g/mol. The number of hydrogen-bond acceptors (Lipinski definition) is 10. The molecule has 2 rings (SSSR count). The molecule has 12 nitrogen and oxygen atoms in total. The van der Waals surface area contributed by atoms with E-state index in [1.165, 1.54) is 36.3 Å². The van der Waals surface area contributed by atoms with Crippen molar-refractivity contribution in [1.82, 2.24) is 27.6 Å². The van der Waals surface area contributed by atoms with Crippen molar-refractivity contribution in [3.63, 3.8) is 0 Å². The molecule has 2 aromatic rings. The Labute approximate surface area is 460 Å². The molecular formula is C48H122N12Si12. The molecule has 0 radical (unpaired) electrons. The topological polar surface area (TPSA) is 98.0 Å². The van der Waals surface area contributed by atoms with Crippen molar-refractivity contribution < 1.29 is 0 Å². The summed E-state index contributed by atoms with van der Waals surface area (Å²) in [6, 6.07) is 0. The molecule has 0 saturated heterocycles. The van der Waals surface area contributed by atoms with Crippen LogP contribution in [-0.2, 0) is 0 Å². The van der Waals surface area contributed by atoms with Gasteiger partial charge in [-0.05, 0) is 78.6 Å². The van der Waals surface area contributed by atoms with Crippen LogP contribution in [-0.4, -0.2) is 126 Å². The molecule has 2 heterocycles. The first-order valence-corrected chi connectivity index (χ1v) is 69.1. The first-order valence-electron chi connectivity index (χ1n) is 27.6. The number of rotatable bonds is 21. The molecule has 0 spiro atoms. The Hall–Kier alpha value is -0.257. The van der Waals surface area contributed by atoms with Gasteiger partial charge in [0.05, 0.1) is 0 Å². The summed E-state index contributed by atoms with van der Waals surface area (Å²) >= 11 is 0. The fraction of sp³-hybridized carbons (Fsp3) is 0.875. The molecule has 0 amide bonds. The fourth-order valence-electron chi connectivity index (χ4n) is 9.12. The summed E-state index contributed by atoms with van der Waals surface area (Å²) in [6.45, 7) is 91.6. The Morgan fingerprint density at radius 1 is 0.347 bits per heavy atom. The summed E-state index contributed by atoms with van der Waals surface area (Å²) in [7, 11) is -20.9. The van der Waals surface area contributed by atoms with E-state index in [1.807, 2.05) is 0 Å². The summed E-state index contributed by atoms with van der Waals surface area (Å²) in [4.78, 5) is 0. The zero-order chi connectivity index (χ0) is 58.0. The minimum absolute atomic E-state index is 1.07. The van der Waals surface area contributed by atoms with Crippen LogP contribution >= 0.6 is 0 Å². The second-order valence-electron chi connectivity index (χ2n) is 32.4. The van der Waals surface area contributed by atoms with Crippen molar-refractivity contribution in [3.05, 3.63) is 0 Å². The van der Waals surface area contributed by atoms with Crippen LogP contribution in [0.1, 0.15) is 39.5 Å². The van der Waals surface area contributed by atoms with Gasteiger partial charge in [0.15, 0.2) is 44.6 Å². The van der Waals surface area contributed by atoms with Gasteiger partial charge >= 0.3 is 0 Å². The molecule has 0 fully saturated rings. The fourth-order valence-corrected chi connectivity index (χ4v) is 48.3. The average Bonchev–Trinajstić information content (AvgIpc) is 3.67. The lowest BCUT2D eigenvalue weighted by Gasteiger charge is -2.55. The Morgan fingerprint density at radius 3 is 0.708 bits per heavy atom. The Bertz CT molecular complexity index is 1900. The monoisotopic (exact) mass is 1200 g/mol. The van der Waals surface area contributed by atoms with E-state index in [0.29, 0.717) is 0 Å². The minimum Gasteiger partial charge on any atom is -0.328 e. The summed E-state index contributed by atoms with van der Waals surface area (Å²) in [5, 5.41) is 24.0. The predicted molar refractivity (Wildman–Crippen MR) is 362 cm³/mol. The third-order valence-electron chi connectivity index (χ3n) is 10.8. The molecule has 0 aliphatic carbocycles. The third-order valence-corrected chi connectivity index (χ3v) is 37.7. The lowest BCUT2D eigenvalue weighted by molar-refractivity contribution is 0.635. The van der Waals surface area contributed by atoms with Crippen LogP contribution in [0.3, 0.4) is 0 Å². The lowest BCUT2D eigenvalue weighted by atomic mass is 10.2. The van der Waals surface area contributed by atoms with E-state index in [0.717, 1.165) is 23.0 Å². The Kier molecular flexibility index (Phi) is 24.7. The van der Waals surface area contributed by atoms with Gasteiger partial charge in [0.25, 0.3) is 0 Å². The van der Waals surface area contributed by atoms with Crippen molar-refractivity contribution in [2.45, 2.75) is 275 Å². The van der Waals surface area contributed by atoms with Crippen molar-refractivity contribution in [3.8, 4) is 0 Å². The zero-order valence-electron chi connectivity index (χ0n) is 55.2. The van der Waals surface area contributed by atoms with Crippen LogP contribution in [0.15, 0.2) is 19.8 Å². The number of unbranched alkanes of at least 4 members (excludes halogenated alkanes) is 3. The number of hydrazine groups is 2. The van der Waals surface area contributed by atoms with Crippen LogP contribution in [0, 0.1) is 0 Å². The van der Waals surface area contributed by atoms with Gasteiger partial charge in [-0.2, -0.15) is 20.4 Å². The van der Waals surface area contributed by atoms with Gasteiger partial charge in [-0.1, -0.05) is 197 Å². The van der Waals surface area contributed by atoms with Crippen LogP contribution < -0.4 is 20.0 Å². The second-order valence-corrected chi connectivity index (χ2v) is 90.5. The normalized spacial score (nSPS) is 14.6. The van der Waals surface area contributed by atoms with Gasteiger partial charge in [-0.3, -0.25) is 17.4 Å². The number of nitrogens with zero attached hydrogens (tertiary/aromatic N) is 12. The van der Waals surface area contributed by atoms with E-state index in [1.54, 1.807) is 0 Å². The quantitative estimate of drug-likeness (QED) is 0.0534. The summed E-state index contributed by atoms with van der Waals surface area (Å²) in [5.74, 6) is 2.17. The minimum atomic E-state index is -1.85. The molecule has 0 unspecified atom stereocenters. The first kappa shape index (κ1) is 71.7. The Balaban J connectivity index is 0.00000126. The lowest BCUT2D eigenvalue weighted by Crippen LogP contribution is -2.72. The van der Waals surface area contributed by atoms with Crippen molar-refractivity contribution >= 4 is 132 Å². The van der Waals surface area contributed by atoms with E-state index >= 15 is 0 Å². The van der Waals surface area contributed by atoms with E-state index in [4.69, 9.17) is 30.0 Å². The van der Waals surface area contributed by atoms with E-state index < -0.39 is 98.5 Å². The van der Waals surface area contributed by atoms with Crippen LogP contribution in [0.4, 0.5) is 23.0 Å². The zero-order valence-corrected chi connectivity index (χ0v) is 67.2. The molecule has 0 N–H and O–H groups in total. The maximum atomic E-state index is 5.50. The summed E-state index contributed by atoms with van der Waals surface area (Å²) in [5.41, 5.74) is 2.14.